The van der Waals surface area contributed by atoms with E-state index in [0.29, 0.717) is 0 Å². The second kappa shape index (κ2) is 6.33. The molecule has 0 saturated heterocycles. The molecule has 5 nitrogen and oxygen atoms in total. The quantitative estimate of drug-likeness (QED) is 0.742. The van der Waals surface area contributed by atoms with Crippen molar-refractivity contribution < 1.29 is 9.59 Å². The number of hydrogen-bond donors (Lipinski definition) is 3. The van der Waals surface area contributed by atoms with Crippen LogP contribution >= 0.6 is 0 Å². The monoisotopic (exact) mass is 263 g/mol. The van der Waals surface area contributed by atoms with Gasteiger partial charge in [0.05, 0.1) is 12.1 Å². The van der Waals surface area contributed by atoms with Crippen molar-refractivity contribution in [2.45, 2.75) is 32.7 Å². The SMILES string of the molecule is CCc1cccc(NC(=O)CNC(=O)C(C)(C)N)c1. The highest BCUT2D eigenvalue weighted by Gasteiger charge is 2.21. The number of rotatable bonds is 5. The summed E-state index contributed by atoms with van der Waals surface area (Å²) in [6.07, 6.45) is 0.905. The average molecular weight is 263 g/mol. The van der Waals surface area contributed by atoms with E-state index >= 15 is 0 Å². The fraction of sp³-hybridized carbons (Fsp3) is 0.429. The van der Waals surface area contributed by atoms with Gasteiger partial charge in [-0.25, -0.2) is 0 Å². The van der Waals surface area contributed by atoms with E-state index in [1.807, 2.05) is 31.2 Å². The molecule has 0 fully saturated rings. The Labute approximate surface area is 113 Å². The van der Waals surface area contributed by atoms with Crippen LogP contribution in [-0.4, -0.2) is 23.9 Å². The van der Waals surface area contributed by atoms with Crippen LogP contribution in [0.15, 0.2) is 24.3 Å². The van der Waals surface area contributed by atoms with Crippen LogP contribution in [0.3, 0.4) is 0 Å². The maximum absolute atomic E-state index is 11.7. The molecule has 0 heterocycles. The first-order valence-corrected chi connectivity index (χ1v) is 6.29. The molecule has 19 heavy (non-hydrogen) atoms. The highest BCUT2D eigenvalue weighted by molar-refractivity contribution is 5.95. The zero-order valence-electron chi connectivity index (χ0n) is 11.6. The first-order chi connectivity index (χ1) is 8.82. The van der Waals surface area contributed by atoms with Crippen LogP contribution in [-0.2, 0) is 16.0 Å². The number of hydrogen-bond acceptors (Lipinski definition) is 3. The molecular formula is C14H21N3O2. The van der Waals surface area contributed by atoms with Crippen LogP contribution in [0.25, 0.3) is 0 Å². The Morgan fingerprint density at radius 1 is 1.32 bits per heavy atom. The zero-order chi connectivity index (χ0) is 14.5. The van der Waals surface area contributed by atoms with Gasteiger partial charge in [0, 0.05) is 5.69 Å². The third kappa shape index (κ3) is 5.09. The summed E-state index contributed by atoms with van der Waals surface area (Å²) in [7, 11) is 0. The van der Waals surface area contributed by atoms with Crippen LogP contribution < -0.4 is 16.4 Å². The fourth-order valence-electron chi connectivity index (χ4n) is 1.46. The van der Waals surface area contributed by atoms with Gasteiger partial charge in [0.15, 0.2) is 0 Å². The molecule has 0 atom stereocenters. The van der Waals surface area contributed by atoms with Crippen LogP contribution in [0.4, 0.5) is 5.69 Å². The van der Waals surface area contributed by atoms with Gasteiger partial charge < -0.3 is 16.4 Å². The molecule has 1 rings (SSSR count). The minimum absolute atomic E-state index is 0.0875. The van der Waals surface area contributed by atoms with Crippen LogP contribution in [0.2, 0.25) is 0 Å². The summed E-state index contributed by atoms with van der Waals surface area (Å²) < 4.78 is 0. The van der Waals surface area contributed by atoms with Gasteiger partial charge in [-0.05, 0) is 38.0 Å². The van der Waals surface area contributed by atoms with Crippen molar-refractivity contribution in [1.29, 1.82) is 0 Å². The molecule has 1 aromatic carbocycles. The molecule has 0 unspecified atom stereocenters. The number of benzene rings is 1. The first kappa shape index (κ1) is 15.2. The summed E-state index contributed by atoms with van der Waals surface area (Å²) in [5, 5.41) is 5.22. The largest absolute Gasteiger partial charge is 0.345 e. The summed E-state index contributed by atoms with van der Waals surface area (Å²) in [5.74, 6) is -0.629. The van der Waals surface area contributed by atoms with Crippen molar-refractivity contribution >= 4 is 17.5 Å². The van der Waals surface area contributed by atoms with E-state index in [9.17, 15) is 9.59 Å². The molecule has 5 heteroatoms. The summed E-state index contributed by atoms with van der Waals surface area (Å²) in [4.78, 5) is 23.2. The molecule has 104 valence electrons. The van der Waals surface area contributed by atoms with Crippen molar-refractivity contribution in [3.8, 4) is 0 Å². The minimum Gasteiger partial charge on any atom is -0.345 e. The van der Waals surface area contributed by atoms with E-state index in [-0.39, 0.29) is 18.4 Å². The van der Waals surface area contributed by atoms with Crippen LogP contribution in [0.1, 0.15) is 26.3 Å². The Morgan fingerprint density at radius 3 is 2.58 bits per heavy atom. The number of anilines is 1. The molecule has 0 aromatic heterocycles. The molecule has 1 aromatic rings. The molecule has 0 bridgehead atoms. The summed E-state index contributed by atoms with van der Waals surface area (Å²) in [5.41, 5.74) is 6.50. The maximum atomic E-state index is 11.7. The van der Waals surface area contributed by atoms with Crippen LogP contribution in [0.5, 0.6) is 0 Å². The maximum Gasteiger partial charge on any atom is 0.243 e. The molecule has 2 amide bonds. The van der Waals surface area contributed by atoms with E-state index in [4.69, 9.17) is 5.73 Å². The number of carbonyl (C=O) groups excluding carboxylic acids is 2. The molecular weight excluding hydrogens is 242 g/mol. The van der Waals surface area contributed by atoms with Crippen molar-refractivity contribution in [3.05, 3.63) is 29.8 Å². The smallest absolute Gasteiger partial charge is 0.243 e. The van der Waals surface area contributed by atoms with E-state index in [0.717, 1.165) is 17.7 Å². The van der Waals surface area contributed by atoms with Crippen molar-refractivity contribution in [1.82, 2.24) is 5.32 Å². The molecule has 0 spiro atoms. The predicted molar refractivity (Wildman–Crippen MR) is 75.7 cm³/mol. The lowest BCUT2D eigenvalue weighted by Gasteiger charge is -2.17. The Morgan fingerprint density at radius 2 is 2.00 bits per heavy atom. The number of amides is 2. The normalized spacial score (nSPS) is 10.9. The van der Waals surface area contributed by atoms with Crippen LogP contribution in [0, 0.1) is 0 Å². The molecule has 0 aliphatic rings. The second-order valence-corrected chi connectivity index (χ2v) is 5.01. The van der Waals surface area contributed by atoms with Gasteiger partial charge >= 0.3 is 0 Å². The number of nitrogens with two attached hydrogens (primary N) is 1. The zero-order valence-corrected chi connectivity index (χ0v) is 11.6. The Hall–Kier alpha value is -1.88. The van der Waals surface area contributed by atoms with E-state index in [1.54, 1.807) is 13.8 Å². The summed E-state index contributed by atoms with van der Waals surface area (Å²) in [6.45, 7) is 5.14. The lowest BCUT2D eigenvalue weighted by atomic mass is 10.1. The van der Waals surface area contributed by atoms with Gasteiger partial charge in [-0.3, -0.25) is 9.59 Å². The molecule has 0 aliphatic heterocycles. The number of nitrogens with one attached hydrogen (secondary N) is 2. The van der Waals surface area contributed by atoms with Gasteiger partial charge in [0.1, 0.15) is 0 Å². The molecule has 0 aliphatic carbocycles. The van der Waals surface area contributed by atoms with E-state index in [1.165, 1.54) is 0 Å². The first-order valence-electron chi connectivity index (χ1n) is 6.29. The molecule has 0 radical (unpaired) electrons. The molecule has 0 saturated carbocycles. The summed E-state index contributed by atoms with van der Waals surface area (Å²) >= 11 is 0. The van der Waals surface area contributed by atoms with Gasteiger partial charge in [-0.1, -0.05) is 19.1 Å². The van der Waals surface area contributed by atoms with Gasteiger partial charge in [-0.15, -0.1) is 0 Å². The molecule has 4 N–H and O–H groups in total. The fourth-order valence-corrected chi connectivity index (χ4v) is 1.46. The van der Waals surface area contributed by atoms with Gasteiger partial charge in [0.25, 0.3) is 0 Å². The highest BCUT2D eigenvalue weighted by Crippen LogP contribution is 2.10. The van der Waals surface area contributed by atoms with Crippen molar-refractivity contribution in [2.75, 3.05) is 11.9 Å². The highest BCUT2D eigenvalue weighted by atomic mass is 16.2. The van der Waals surface area contributed by atoms with Crippen molar-refractivity contribution in [3.63, 3.8) is 0 Å². The predicted octanol–water partition coefficient (Wildman–Crippen LogP) is 1.04. The minimum atomic E-state index is -0.984. The van der Waals surface area contributed by atoms with Gasteiger partial charge in [0.2, 0.25) is 11.8 Å². The Bertz CT molecular complexity index is 464. The van der Waals surface area contributed by atoms with Gasteiger partial charge in [-0.2, -0.15) is 0 Å². The average Bonchev–Trinajstić information content (AvgIpc) is 2.35. The van der Waals surface area contributed by atoms with E-state index in [2.05, 4.69) is 10.6 Å². The Balaban J connectivity index is 2.49. The topological polar surface area (TPSA) is 84.2 Å². The Kier molecular flexibility index (Phi) is 5.06. The summed E-state index contributed by atoms with van der Waals surface area (Å²) in [6, 6.07) is 7.60. The number of carbonyl (C=O) groups is 2. The lowest BCUT2D eigenvalue weighted by molar-refractivity contribution is -0.127. The van der Waals surface area contributed by atoms with Crippen molar-refractivity contribution in [2.24, 2.45) is 5.73 Å². The third-order valence-corrected chi connectivity index (χ3v) is 2.61. The third-order valence-electron chi connectivity index (χ3n) is 2.61. The standard InChI is InChI=1S/C14H21N3O2/c1-4-10-6-5-7-11(8-10)17-12(18)9-16-13(19)14(2,3)15/h5-8H,4,9,15H2,1-3H3,(H,16,19)(H,17,18). The van der Waals surface area contributed by atoms with E-state index < -0.39 is 5.54 Å². The lowest BCUT2D eigenvalue weighted by Crippen LogP contribution is -2.50. The number of aryl methyl sites for hydroxylation is 1. The second-order valence-electron chi connectivity index (χ2n) is 5.01.